The second-order valence-electron chi connectivity index (χ2n) is 19.4. The van der Waals surface area contributed by atoms with Crippen molar-refractivity contribution in [2.45, 2.75) is 154 Å². The number of likely N-dealkylation sites (tertiary alicyclic amines) is 1. The summed E-state index contributed by atoms with van der Waals surface area (Å²) in [6.45, 7) is 8.35. The van der Waals surface area contributed by atoms with Crippen LogP contribution in [0.4, 0.5) is 0 Å². The molecule has 5 saturated carbocycles. The van der Waals surface area contributed by atoms with Gasteiger partial charge in [-0.2, -0.15) is 9.78 Å². The van der Waals surface area contributed by atoms with E-state index in [9.17, 15) is 24.3 Å². The highest BCUT2D eigenvalue weighted by Gasteiger charge is 2.70. The maximum Gasteiger partial charge on any atom is 0.246 e. The molecule has 14 heteroatoms. The number of hydrogen-bond donors (Lipinski definition) is 3. The Hall–Kier alpha value is -3.27. The Morgan fingerprint density at radius 3 is 2.39 bits per heavy atom. The zero-order valence-corrected chi connectivity index (χ0v) is 35.9. The quantitative estimate of drug-likeness (QED) is 0.149. The van der Waals surface area contributed by atoms with E-state index >= 15 is 0 Å². The van der Waals surface area contributed by atoms with E-state index in [0.717, 1.165) is 79.5 Å². The summed E-state index contributed by atoms with van der Waals surface area (Å²) >= 11 is 1.58. The summed E-state index contributed by atoms with van der Waals surface area (Å²) in [5, 5.41) is 16.4. The summed E-state index contributed by atoms with van der Waals surface area (Å²) < 4.78 is 12.6. The predicted molar refractivity (Wildman–Crippen MR) is 219 cm³/mol. The summed E-state index contributed by atoms with van der Waals surface area (Å²) in [5.41, 5.74) is 3.76. The number of Topliss-reactive ketones (excluding diaryl/α,β-unsaturated/α-hetero) is 1. The van der Waals surface area contributed by atoms with Crippen LogP contribution in [0.2, 0.25) is 0 Å². The topological polar surface area (TPSA) is 166 Å². The van der Waals surface area contributed by atoms with Gasteiger partial charge in [0, 0.05) is 69.1 Å². The third kappa shape index (κ3) is 8.64. The predicted octanol–water partition coefficient (Wildman–Crippen LogP) is 6.14. The zero-order chi connectivity index (χ0) is 41.6. The van der Waals surface area contributed by atoms with Gasteiger partial charge in [-0.15, -0.1) is 11.3 Å². The molecule has 3 amide bonds. The Balaban J connectivity index is 0.778. The molecule has 3 heterocycles. The Morgan fingerprint density at radius 1 is 0.983 bits per heavy atom. The number of rotatable bonds is 14. The molecular formula is C45H62N4O9S. The highest BCUT2D eigenvalue weighted by molar-refractivity contribution is 7.13. The lowest BCUT2D eigenvalue weighted by atomic mass is 9.46. The normalized spacial score (nSPS) is 31.2. The standard InChI is InChI=1S/C45H62N4O9S/c1-28-38(59-27-47-28)31-12-10-29(11-13-31)25-46-40(53)35-21-34(50)26-49(35)41(54)39(42(2,3)4)48-37(52)14-18-55-17-8-9-36(51)43-22-30-19-32(23-43)45(33(20-30)24-43)56-44(57-58-45)15-6-5-7-16-44/h10-13,27,30,32-35,39,50H,5-9,14-26H2,1-4H3,(H,46,53)(H,48,52). The van der Waals surface area contributed by atoms with Crippen molar-refractivity contribution in [3.05, 3.63) is 41.0 Å². The van der Waals surface area contributed by atoms with Gasteiger partial charge >= 0.3 is 0 Å². The summed E-state index contributed by atoms with van der Waals surface area (Å²) in [5.74, 6) is -1.26. The molecule has 1 aromatic heterocycles. The van der Waals surface area contributed by atoms with Gasteiger partial charge in [0.15, 0.2) is 0 Å². The van der Waals surface area contributed by atoms with Crippen LogP contribution < -0.4 is 10.6 Å². The van der Waals surface area contributed by atoms with Crippen molar-refractivity contribution in [3.63, 3.8) is 0 Å². The van der Waals surface area contributed by atoms with E-state index in [-0.39, 0.29) is 61.6 Å². The maximum atomic E-state index is 14.0. The molecule has 1 aromatic carbocycles. The summed E-state index contributed by atoms with van der Waals surface area (Å²) in [6.07, 6.45) is 10.0. The highest BCUT2D eigenvalue weighted by atomic mass is 32.1. The molecule has 7 aliphatic rings. The van der Waals surface area contributed by atoms with Crippen LogP contribution in [0.1, 0.15) is 122 Å². The van der Waals surface area contributed by atoms with Crippen LogP contribution in [-0.4, -0.2) is 88.0 Å². The van der Waals surface area contributed by atoms with Gasteiger partial charge in [0.25, 0.3) is 0 Å². The highest BCUT2D eigenvalue weighted by Crippen LogP contribution is 2.68. The monoisotopic (exact) mass is 834 g/mol. The molecule has 2 saturated heterocycles. The van der Waals surface area contributed by atoms with Crippen molar-refractivity contribution < 1.29 is 43.5 Å². The number of ether oxygens (including phenoxy) is 2. The Labute approximate surface area is 351 Å². The lowest BCUT2D eigenvalue weighted by Gasteiger charge is -2.61. The van der Waals surface area contributed by atoms with E-state index in [1.165, 1.54) is 11.3 Å². The van der Waals surface area contributed by atoms with E-state index < -0.39 is 41.1 Å². The van der Waals surface area contributed by atoms with Crippen molar-refractivity contribution in [2.75, 3.05) is 19.8 Å². The molecule has 2 aliphatic heterocycles. The third-order valence-electron chi connectivity index (χ3n) is 14.1. The number of thiazole rings is 1. The van der Waals surface area contributed by atoms with Gasteiger partial charge in [-0.25, -0.2) is 4.98 Å². The van der Waals surface area contributed by atoms with Crippen LogP contribution in [0.5, 0.6) is 0 Å². The molecule has 0 radical (unpaired) electrons. The number of ketones is 1. The van der Waals surface area contributed by atoms with Crippen molar-refractivity contribution >= 4 is 34.8 Å². The fraction of sp³-hybridized carbons (Fsp3) is 0.711. The average molecular weight is 835 g/mol. The summed E-state index contributed by atoms with van der Waals surface area (Å²) in [4.78, 5) is 73.5. The van der Waals surface area contributed by atoms with Gasteiger partial charge in [0.1, 0.15) is 17.9 Å². The fourth-order valence-electron chi connectivity index (χ4n) is 11.2. The first-order chi connectivity index (χ1) is 28.2. The van der Waals surface area contributed by atoms with Crippen molar-refractivity contribution in [1.29, 1.82) is 0 Å². The molecule has 13 nitrogen and oxygen atoms in total. The smallest absolute Gasteiger partial charge is 0.246 e. The number of aryl methyl sites for hydroxylation is 1. The van der Waals surface area contributed by atoms with Crippen molar-refractivity contribution in [2.24, 2.45) is 28.6 Å². The molecule has 5 atom stereocenters. The zero-order valence-electron chi connectivity index (χ0n) is 35.1. The number of aliphatic hydroxyl groups excluding tert-OH is 1. The van der Waals surface area contributed by atoms with Crippen LogP contribution in [0, 0.1) is 35.5 Å². The van der Waals surface area contributed by atoms with Crippen LogP contribution in [0.3, 0.4) is 0 Å². The number of β-amino-alcohol motifs (C(OH)–C–C–N with tert-alkyl or cyclic N) is 1. The molecule has 2 aromatic rings. The van der Waals surface area contributed by atoms with Gasteiger partial charge in [-0.05, 0) is 80.8 Å². The first-order valence-electron chi connectivity index (χ1n) is 21.9. The summed E-state index contributed by atoms with van der Waals surface area (Å²) in [6, 6.07) is 6.12. The second kappa shape index (κ2) is 16.9. The van der Waals surface area contributed by atoms with Crippen LogP contribution in [-0.2, 0) is 45.0 Å². The van der Waals surface area contributed by atoms with E-state index in [4.69, 9.17) is 19.2 Å². The van der Waals surface area contributed by atoms with Crippen molar-refractivity contribution in [1.82, 2.24) is 20.5 Å². The van der Waals surface area contributed by atoms with Crippen LogP contribution >= 0.6 is 11.3 Å². The minimum absolute atomic E-state index is 0.00486. The Morgan fingerprint density at radius 2 is 1.71 bits per heavy atom. The number of benzene rings is 1. The first kappa shape index (κ1) is 42.4. The van der Waals surface area contributed by atoms with E-state index in [2.05, 4.69) is 15.6 Å². The molecule has 2 spiro atoms. The number of carbonyl (C=O) groups is 4. The van der Waals surface area contributed by atoms with Gasteiger partial charge < -0.3 is 30.1 Å². The van der Waals surface area contributed by atoms with Crippen molar-refractivity contribution in [3.8, 4) is 10.4 Å². The molecular weight excluding hydrogens is 773 g/mol. The summed E-state index contributed by atoms with van der Waals surface area (Å²) in [7, 11) is 0. The van der Waals surface area contributed by atoms with E-state index in [0.29, 0.717) is 31.1 Å². The minimum atomic E-state index is -0.921. The molecule has 5 unspecified atom stereocenters. The molecule has 5 aliphatic carbocycles. The molecule has 3 N–H and O–H groups in total. The van der Waals surface area contributed by atoms with Crippen LogP contribution in [0.25, 0.3) is 10.4 Å². The lowest BCUT2D eigenvalue weighted by Crippen LogP contribution is -2.64. The average Bonchev–Trinajstić information content (AvgIpc) is 3.93. The Kier molecular flexibility index (Phi) is 12.1. The number of carbonyl (C=O) groups excluding carboxylic acids is 4. The molecule has 322 valence electrons. The molecule has 59 heavy (non-hydrogen) atoms. The minimum Gasteiger partial charge on any atom is -0.391 e. The fourth-order valence-corrected chi connectivity index (χ4v) is 12.0. The first-order valence-corrected chi connectivity index (χ1v) is 22.8. The largest absolute Gasteiger partial charge is 0.391 e. The number of nitrogens with zero attached hydrogens (tertiary/aromatic N) is 2. The van der Waals surface area contributed by atoms with E-state index in [1.807, 2.05) is 57.5 Å². The Bertz CT molecular complexity index is 1850. The van der Waals surface area contributed by atoms with E-state index in [1.54, 1.807) is 11.3 Å². The number of amides is 3. The lowest BCUT2D eigenvalue weighted by molar-refractivity contribution is -0.393. The maximum absolute atomic E-state index is 14.0. The number of aromatic nitrogens is 1. The molecule has 7 fully saturated rings. The number of aliphatic hydroxyl groups is 1. The third-order valence-corrected chi connectivity index (χ3v) is 15.1. The molecule has 4 bridgehead atoms. The van der Waals surface area contributed by atoms with Crippen LogP contribution in [0.15, 0.2) is 29.8 Å². The van der Waals surface area contributed by atoms with Gasteiger partial charge in [0.05, 0.1) is 28.8 Å². The second-order valence-corrected chi connectivity index (χ2v) is 20.3. The number of nitrogens with one attached hydrogen (secondary N) is 2. The molecule has 9 rings (SSSR count). The van der Waals surface area contributed by atoms with Gasteiger partial charge in [-0.1, -0.05) is 51.5 Å². The number of hydrogen-bond acceptors (Lipinski definition) is 11. The SMILES string of the molecule is Cc1ncsc1-c1ccc(CNC(=O)C2CC(O)CN2C(=O)C(NC(=O)CCOCCCC(=O)C23CC4CC(C2)C2(OOC5(CCCCC5)O2)C(C4)C3)C(C)(C)C)cc1. The van der Waals surface area contributed by atoms with Gasteiger partial charge in [-0.3, -0.25) is 19.2 Å². The van der Waals surface area contributed by atoms with Gasteiger partial charge in [0.2, 0.25) is 29.3 Å².